The summed E-state index contributed by atoms with van der Waals surface area (Å²) in [5.74, 6) is 0.451. The lowest BCUT2D eigenvalue weighted by molar-refractivity contribution is 0.443. The number of benzene rings is 3. The molecule has 0 aliphatic heterocycles. The molecular weight excluding hydrogens is 421 g/mol. The fraction of sp³-hybridized carbons (Fsp3) is 0.333. The van der Waals surface area contributed by atoms with E-state index in [2.05, 4.69) is 63.2 Å². The maximum atomic E-state index is 11.4. The van der Waals surface area contributed by atoms with E-state index in [1.54, 1.807) is 4.42 Å². The second-order valence-corrected chi connectivity index (χ2v) is 10.5. The van der Waals surface area contributed by atoms with Crippen molar-refractivity contribution in [1.82, 2.24) is 4.42 Å². The number of hydrogen-bond donors (Lipinski definition) is 1. The van der Waals surface area contributed by atoms with Crippen LogP contribution in [0.1, 0.15) is 54.5 Å². The Morgan fingerprint density at radius 2 is 1.55 bits per heavy atom. The summed E-state index contributed by atoms with van der Waals surface area (Å²) in [5, 5.41) is 12.6. The predicted octanol–water partition coefficient (Wildman–Crippen LogP) is 6.90. The van der Waals surface area contributed by atoms with Crippen LogP contribution in [-0.2, 0) is 18.1 Å². The van der Waals surface area contributed by atoms with Crippen LogP contribution in [0.2, 0.25) is 0 Å². The first-order chi connectivity index (χ1) is 14.9. The number of nitrogens with zero attached hydrogens (tertiary/aromatic N) is 1. The molecule has 1 N–H and O–H groups in total. The summed E-state index contributed by atoms with van der Waals surface area (Å²) in [7, 11) is 2.45. The molecule has 164 valence electrons. The van der Waals surface area contributed by atoms with Crippen LogP contribution in [0.15, 0.2) is 66.7 Å². The molecule has 0 aliphatic carbocycles. The van der Waals surface area contributed by atoms with Gasteiger partial charge in [-0.05, 0) is 59.1 Å². The Kier molecular flexibility index (Phi) is 8.17. The molecule has 0 amide bonds. The van der Waals surface area contributed by atoms with E-state index in [0.717, 1.165) is 30.4 Å². The molecule has 0 bridgehead atoms. The first-order valence-corrected chi connectivity index (χ1v) is 12.3. The highest BCUT2D eigenvalue weighted by molar-refractivity contribution is 7.48. The van der Waals surface area contributed by atoms with Crippen molar-refractivity contribution in [3.63, 3.8) is 0 Å². The minimum atomic E-state index is -0.109. The molecule has 0 spiro atoms. The van der Waals surface area contributed by atoms with Crippen LogP contribution in [0.5, 0.6) is 5.75 Å². The highest BCUT2D eigenvalue weighted by Crippen LogP contribution is 2.51. The second-order valence-electron chi connectivity index (χ2n) is 8.26. The summed E-state index contributed by atoms with van der Waals surface area (Å²) in [6, 6.07) is 23.1. The third kappa shape index (κ3) is 5.50. The fourth-order valence-electron chi connectivity index (χ4n) is 4.32. The number of phenolic OH excluding ortho intramolecular Hbond substituents is 1. The Balaban J connectivity index is 2.04. The molecule has 0 fully saturated rings. The average molecular weight is 454 g/mol. The largest absolute Gasteiger partial charge is 0.507 e. The van der Waals surface area contributed by atoms with Gasteiger partial charge in [0.15, 0.2) is 0 Å². The van der Waals surface area contributed by atoms with Gasteiger partial charge in [0, 0.05) is 30.7 Å². The van der Waals surface area contributed by atoms with Crippen LogP contribution in [-0.4, -0.2) is 16.6 Å². The molecule has 2 nitrogen and oxygen atoms in total. The first-order valence-electron chi connectivity index (χ1n) is 11.0. The maximum Gasteiger partial charge on any atom is 0.123 e. The average Bonchev–Trinajstić information content (AvgIpc) is 2.76. The van der Waals surface area contributed by atoms with E-state index in [4.69, 9.17) is 11.8 Å². The van der Waals surface area contributed by atoms with Crippen LogP contribution in [0.3, 0.4) is 0 Å². The molecule has 1 unspecified atom stereocenters. The van der Waals surface area contributed by atoms with E-state index < -0.39 is 0 Å². The van der Waals surface area contributed by atoms with Gasteiger partial charge in [-0.15, -0.1) is 0 Å². The Morgan fingerprint density at radius 3 is 2.19 bits per heavy atom. The zero-order valence-corrected chi connectivity index (χ0v) is 20.7. The third-order valence-electron chi connectivity index (χ3n) is 6.19. The summed E-state index contributed by atoms with van der Waals surface area (Å²) >= 11 is 6.21. The molecule has 0 heterocycles. The molecular formula is C27H33ClNOP. The minimum Gasteiger partial charge on any atom is -0.507 e. The molecule has 4 heteroatoms. The molecule has 3 aromatic rings. The van der Waals surface area contributed by atoms with Gasteiger partial charge in [0.1, 0.15) is 5.75 Å². The van der Waals surface area contributed by atoms with E-state index in [9.17, 15) is 5.11 Å². The van der Waals surface area contributed by atoms with Crippen LogP contribution in [0.4, 0.5) is 0 Å². The Morgan fingerprint density at radius 1 is 0.903 bits per heavy atom. The lowest BCUT2D eigenvalue weighted by atomic mass is 9.89. The van der Waals surface area contributed by atoms with Crippen molar-refractivity contribution in [2.45, 2.75) is 51.7 Å². The van der Waals surface area contributed by atoms with Gasteiger partial charge in [-0.2, -0.15) is 0 Å². The van der Waals surface area contributed by atoms with E-state index in [1.807, 2.05) is 31.3 Å². The summed E-state index contributed by atoms with van der Waals surface area (Å²) in [6.45, 7) is 7.37. The topological polar surface area (TPSA) is 23.5 Å². The molecule has 0 aliphatic rings. The van der Waals surface area contributed by atoms with Gasteiger partial charge in [0.05, 0.1) is 0 Å². The number of aryl methyl sites for hydroxylation is 1. The first kappa shape index (κ1) is 23.8. The van der Waals surface area contributed by atoms with Gasteiger partial charge >= 0.3 is 0 Å². The fourth-order valence-corrected chi connectivity index (χ4v) is 6.22. The standard InChI is InChI=1S/C27H33ClNOP/c1-5-27(6-2,31-26-20(3)12-10-16-23(26)19-29(4)28)24-17-11-15-22(25(24)30)18-21-13-8-7-9-14-21/h7-17,30-31H,5-6,18-19H2,1-4H3. The maximum absolute atomic E-state index is 11.4. The Labute approximate surface area is 194 Å². The van der Waals surface area contributed by atoms with Crippen LogP contribution < -0.4 is 5.30 Å². The lowest BCUT2D eigenvalue weighted by Gasteiger charge is -2.35. The zero-order valence-electron chi connectivity index (χ0n) is 19.0. The minimum absolute atomic E-state index is 0.109. The highest BCUT2D eigenvalue weighted by atomic mass is 35.5. The van der Waals surface area contributed by atoms with E-state index >= 15 is 0 Å². The van der Waals surface area contributed by atoms with E-state index in [-0.39, 0.29) is 5.16 Å². The van der Waals surface area contributed by atoms with Gasteiger partial charge in [-0.3, -0.25) is 0 Å². The summed E-state index contributed by atoms with van der Waals surface area (Å²) in [5.41, 5.74) is 5.83. The van der Waals surface area contributed by atoms with Gasteiger partial charge in [0.25, 0.3) is 0 Å². The highest BCUT2D eigenvalue weighted by Gasteiger charge is 2.33. The Bertz CT molecular complexity index is 999. The van der Waals surface area contributed by atoms with Crippen molar-refractivity contribution >= 4 is 25.7 Å². The number of halogens is 1. The summed E-state index contributed by atoms with van der Waals surface area (Å²) < 4.78 is 1.71. The van der Waals surface area contributed by atoms with E-state index in [0.29, 0.717) is 20.9 Å². The molecule has 1 atom stereocenters. The molecule has 0 saturated carbocycles. The van der Waals surface area contributed by atoms with Crippen molar-refractivity contribution < 1.29 is 5.11 Å². The summed E-state index contributed by atoms with van der Waals surface area (Å²) in [4.78, 5) is 0. The summed E-state index contributed by atoms with van der Waals surface area (Å²) in [6.07, 6.45) is 2.67. The van der Waals surface area contributed by atoms with Gasteiger partial charge < -0.3 is 5.11 Å². The van der Waals surface area contributed by atoms with Crippen molar-refractivity contribution in [3.8, 4) is 5.75 Å². The number of rotatable bonds is 9. The van der Waals surface area contributed by atoms with Crippen LogP contribution >= 0.6 is 20.4 Å². The van der Waals surface area contributed by atoms with Crippen LogP contribution in [0, 0.1) is 6.92 Å². The monoisotopic (exact) mass is 453 g/mol. The quantitative estimate of drug-likeness (QED) is 0.281. The molecule has 3 rings (SSSR count). The van der Waals surface area contributed by atoms with Gasteiger partial charge in [0.2, 0.25) is 0 Å². The second kappa shape index (κ2) is 10.6. The zero-order chi connectivity index (χ0) is 22.4. The normalized spacial score (nSPS) is 12.2. The van der Waals surface area contributed by atoms with Gasteiger partial charge in [-0.25, -0.2) is 4.42 Å². The molecule has 0 aromatic heterocycles. The van der Waals surface area contributed by atoms with E-state index in [1.165, 1.54) is 22.0 Å². The smallest absolute Gasteiger partial charge is 0.123 e. The number of aromatic hydroxyl groups is 1. The molecule has 0 radical (unpaired) electrons. The SMILES string of the molecule is CCC(CC)(Pc1c(C)cccc1CN(C)Cl)c1cccc(Cc2ccccc2)c1O. The lowest BCUT2D eigenvalue weighted by Crippen LogP contribution is -2.25. The third-order valence-corrected chi connectivity index (χ3v) is 8.73. The van der Waals surface area contributed by atoms with Crippen molar-refractivity contribution in [2.24, 2.45) is 0 Å². The number of para-hydroxylation sites is 1. The Hall–Kier alpha value is -1.86. The number of phenols is 1. The molecule has 0 saturated heterocycles. The van der Waals surface area contributed by atoms with Crippen LogP contribution in [0.25, 0.3) is 0 Å². The molecule has 31 heavy (non-hydrogen) atoms. The van der Waals surface area contributed by atoms with Crippen molar-refractivity contribution in [2.75, 3.05) is 7.05 Å². The van der Waals surface area contributed by atoms with Gasteiger partial charge in [-0.1, -0.05) is 89.2 Å². The van der Waals surface area contributed by atoms with Crippen molar-refractivity contribution in [3.05, 3.63) is 94.5 Å². The number of hydrogen-bond acceptors (Lipinski definition) is 2. The molecule has 3 aromatic carbocycles. The van der Waals surface area contributed by atoms with Crippen molar-refractivity contribution in [1.29, 1.82) is 0 Å². The predicted molar refractivity (Wildman–Crippen MR) is 136 cm³/mol.